The fourth-order valence-corrected chi connectivity index (χ4v) is 2.49. The van der Waals surface area contributed by atoms with Gasteiger partial charge in [-0.3, -0.25) is 9.59 Å². The molecule has 18 heavy (non-hydrogen) atoms. The van der Waals surface area contributed by atoms with E-state index in [0.717, 1.165) is 19.3 Å². The first kappa shape index (κ1) is 15.0. The van der Waals surface area contributed by atoms with Gasteiger partial charge in [-0.15, -0.1) is 0 Å². The molecule has 0 radical (unpaired) electrons. The van der Waals surface area contributed by atoms with E-state index < -0.39 is 11.8 Å². The highest BCUT2D eigenvalue weighted by Crippen LogP contribution is 2.20. The SMILES string of the molecule is CCN(CC)C(=O)C(=O)N1CCCCC1CCO. The second kappa shape index (κ2) is 7.36. The number of carbonyl (C=O) groups excluding carboxylic acids is 2. The third kappa shape index (κ3) is 3.45. The lowest BCUT2D eigenvalue weighted by molar-refractivity contribution is -0.154. The van der Waals surface area contributed by atoms with Crippen molar-refractivity contribution in [3.05, 3.63) is 0 Å². The first-order chi connectivity index (χ1) is 8.65. The van der Waals surface area contributed by atoms with Gasteiger partial charge in [0, 0.05) is 32.3 Å². The Bertz CT molecular complexity index is 288. The molecule has 1 heterocycles. The smallest absolute Gasteiger partial charge is 0.312 e. The van der Waals surface area contributed by atoms with Crippen LogP contribution in [0.1, 0.15) is 39.5 Å². The zero-order valence-electron chi connectivity index (χ0n) is 11.4. The molecular formula is C13H24N2O3. The van der Waals surface area contributed by atoms with Crippen molar-refractivity contribution in [3.8, 4) is 0 Å². The van der Waals surface area contributed by atoms with Gasteiger partial charge < -0.3 is 14.9 Å². The highest BCUT2D eigenvalue weighted by molar-refractivity contribution is 6.35. The van der Waals surface area contributed by atoms with Gasteiger partial charge in [0.05, 0.1) is 0 Å². The van der Waals surface area contributed by atoms with Crippen molar-refractivity contribution in [2.45, 2.75) is 45.6 Å². The van der Waals surface area contributed by atoms with E-state index in [2.05, 4.69) is 0 Å². The van der Waals surface area contributed by atoms with Crippen molar-refractivity contribution in [3.63, 3.8) is 0 Å². The van der Waals surface area contributed by atoms with E-state index in [1.807, 2.05) is 13.8 Å². The maximum absolute atomic E-state index is 12.2. The Morgan fingerprint density at radius 3 is 2.50 bits per heavy atom. The molecule has 0 aliphatic carbocycles. The summed E-state index contributed by atoms with van der Waals surface area (Å²) in [5.41, 5.74) is 0. The maximum atomic E-state index is 12.2. The summed E-state index contributed by atoms with van der Waals surface area (Å²) >= 11 is 0. The number of piperidine rings is 1. The molecule has 1 unspecified atom stereocenters. The molecule has 1 saturated heterocycles. The Kier molecular flexibility index (Phi) is 6.12. The molecule has 0 aromatic carbocycles. The third-order valence-electron chi connectivity index (χ3n) is 3.58. The van der Waals surface area contributed by atoms with Crippen LogP contribution in [0.3, 0.4) is 0 Å². The number of rotatable bonds is 4. The Balaban J connectivity index is 2.70. The minimum absolute atomic E-state index is 0.0239. The molecule has 0 aromatic rings. The summed E-state index contributed by atoms with van der Waals surface area (Å²) in [6.07, 6.45) is 3.46. The van der Waals surface area contributed by atoms with Crippen molar-refractivity contribution < 1.29 is 14.7 Å². The normalized spacial score (nSPS) is 19.7. The van der Waals surface area contributed by atoms with Gasteiger partial charge in [0.25, 0.3) is 0 Å². The Morgan fingerprint density at radius 2 is 1.94 bits per heavy atom. The van der Waals surface area contributed by atoms with Gasteiger partial charge in [-0.2, -0.15) is 0 Å². The number of nitrogens with zero attached hydrogens (tertiary/aromatic N) is 2. The standard InChI is InChI=1S/C13H24N2O3/c1-3-14(4-2)12(17)13(18)15-9-6-5-7-11(15)8-10-16/h11,16H,3-10H2,1-2H3. The number of amides is 2. The number of aliphatic hydroxyl groups is 1. The van der Waals surface area contributed by atoms with Crippen LogP contribution in [0.2, 0.25) is 0 Å². The van der Waals surface area contributed by atoms with Crippen LogP contribution >= 0.6 is 0 Å². The van der Waals surface area contributed by atoms with E-state index >= 15 is 0 Å². The van der Waals surface area contributed by atoms with Gasteiger partial charge in [-0.25, -0.2) is 0 Å². The summed E-state index contributed by atoms with van der Waals surface area (Å²) < 4.78 is 0. The Labute approximate surface area is 109 Å². The second-order valence-corrected chi connectivity index (χ2v) is 4.64. The minimum Gasteiger partial charge on any atom is -0.396 e. The van der Waals surface area contributed by atoms with E-state index in [-0.39, 0.29) is 12.6 Å². The lowest BCUT2D eigenvalue weighted by atomic mass is 9.99. The van der Waals surface area contributed by atoms with Gasteiger partial charge >= 0.3 is 11.8 Å². The zero-order chi connectivity index (χ0) is 13.5. The molecule has 5 heteroatoms. The van der Waals surface area contributed by atoms with Crippen LogP contribution in [0.5, 0.6) is 0 Å². The van der Waals surface area contributed by atoms with Crippen LogP contribution in [0.25, 0.3) is 0 Å². The number of aliphatic hydroxyl groups excluding tert-OH is 1. The lowest BCUT2D eigenvalue weighted by Gasteiger charge is -2.36. The first-order valence-electron chi connectivity index (χ1n) is 6.86. The zero-order valence-corrected chi connectivity index (χ0v) is 11.4. The third-order valence-corrected chi connectivity index (χ3v) is 3.58. The van der Waals surface area contributed by atoms with Crippen molar-refractivity contribution in [2.75, 3.05) is 26.2 Å². The van der Waals surface area contributed by atoms with Gasteiger partial charge in [-0.05, 0) is 39.5 Å². The number of hydrogen-bond donors (Lipinski definition) is 1. The van der Waals surface area contributed by atoms with Crippen molar-refractivity contribution in [1.82, 2.24) is 9.80 Å². The number of likely N-dealkylation sites (N-methyl/N-ethyl adjacent to an activating group) is 1. The van der Waals surface area contributed by atoms with E-state index in [4.69, 9.17) is 5.11 Å². The fraction of sp³-hybridized carbons (Fsp3) is 0.846. The number of carbonyl (C=O) groups is 2. The topological polar surface area (TPSA) is 60.9 Å². The van der Waals surface area contributed by atoms with Gasteiger partial charge in [-0.1, -0.05) is 0 Å². The summed E-state index contributed by atoms with van der Waals surface area (Å²) in [5, 5.41) is 9.02. The molecule has 1 N–H and O–H groups in total. The molecule has 0 bridgehead atoms. The maximum Gasteiger partial charge on any atom is 0.312 e. The predicted octanol–water partition coefficient (Wildman–Crippen LogP) is 0.618. The molecule has 5 nitrogen and oxygen atoms in total. The first-order valence-corrected chi connectivity index (χ1v) is 6.86. The van der Waals surface area contributed by atoms with Crippen LogP contribution in [-0.4, -0.2) is 59.0 Å². The van der Waals surface area contributed by atoms with Crippen LogP contribution < -0.4 is 0 Å². The van der Waals surface area contributed by atoms with Crippen LogP contribution in [0, 0.1) is 0 Å². The average molecular weight is 256 g/mol. The van der Waals surface area contributed by atoms with Crippen LogP contribution in [0.4, 0.5) is 0 Å². The molecule has 104 valence electrons. The molecular weight excluding hydrogens is 232 g/mol. The Morgan fingerprint density at radius 1 is 1.28 bits per heavy atom. The molecule has 1 fully saturated rings. The number of hydrogen-bond acceptors (Lipinski definition) is 3. The molecule has 1 atom stereocenters. The average Bonchev–Trinajstić information content (AvgIpc) is 2.40. The fourth-order valence-electron chi connectivity index (χ4n) is 2.49. The minimum atomic E-state index is -0.412. The van der Waals surface area contributed by atoms with Crippen molar-refractivity contribution >= 4 is 11.8 Å². The molecule has 0 spiro atoms. The monoisotopic (exact) mass is 256 g/mol. The molecule has 0 aromatic heterocycles. The quantitative estimate of drug-likeness (QED) is 0.750. The predicted molar refractivity (Wildman–Crippen MR) is 69.0 cm³/mol. The molecule has 2 amide bonds. The molecule has 0 saturated carbocycles. The summed E-state index contributed by atoms with van der Waals surface area (Å²) in [4.78, 5) is 27.4. The van der Waals surface area contributed by atoms with E-state index in [9.17, 15) is 9.59 Å². The molecule has 1 rings (SSSR count). The molecule has 1 aliphatic rings. The van der Waals surface area contributed by atoms with E-state index in [1.54, 1.807) is 9.80 Å². The van der Waals surface area contributed by atoms with Crippen molar-refractivity contribution in [2.24, 2.45) is 0 Å². The number of likely N-dealkylation sites (tertiary alicyclic amines) is 1. The summed E-state index contributed by atoms with van der Waals surface area (Å²) in [6, 6.07) is 0.0239. The van der Waals surface area contributed by atoms with Gasteiger partial charge in [0.2, 0.25) is 0 Å². The summed E-state index contributed by atoms with van der Waals surface area (Å²) in [6.45, 7) is 5.55. The highest BCUT2D eigenvalue weighted by atomic mass is 16.3. The van der Waals surface area contributed by atoms with Crippen LogP contribution in [-0.2, 0) is 9.59 Å². The molecule has 1 aliphatic heterocycles. The van der Waals surface area contributed by atoms with Crippen LogP contribution in [0.15, 0.2) is 0 Å². The van der Waals surface area contributed by atoms with E-state index in [1.165, 1.54) is 0 Å². The van der Waals surface area contributed by atoms with E-state index in [0.29, 0.717) is 26.1 Å². The Hall–Kier alpha value is -1.10. The lowest BCUT2D eigenvalue weighted by Crippen LogP contribution is -2.51. The highest BCUT2D eigenvalue weighted by Gasteiger charge is 2.32. The van der Waals surface area contributed by atoms with Gasteiger partial charge in [0.1, 0.15) is 0 Å². The van der Waals surface area contributed by atoms with Crippen molar-refractivity contribution in [1.29, 1.82) is 0 Å². The van der Waals surface area contributed by atoms with Gasteiger partial charge in [0.15, 0.2) is 0 Å². The summed E-state index contributed by atoms with van der Waals surface area (Å²) in [5.74, 6) is -0.818. The summed E-state index contributed by atoms with van der Waals surface area (Å²) in [7, 11) is 0. The second-order valence-electron chi connectivity index (χ2n) is 4.64. The largest absolute Gasteiger partial charge is 0.396 e.